The normalized spacial score (nSPS) is 16.1. The smallest absolute Gasteiger partial charge is 0.228 e. The highest BCUT2D eigenvalue weighted by molar-refractivity contribution is 5.77. The molecule has 0 spiro atoms. The van der Waals surface area contributed by atoms with Crippen molar-refractivity contribution in [3.63, 3.8) is 0 Å². The standard InChI is InChI=1S/C25H28N4O2/c1-17(2)18-6-8-20(9-7-18)29-11-10-22-23(19-4-3-5-21(30)16-19)26-25(27-24(22)29)28-12-14-31-15-13-28/h3-9,16-17,30H,10-15H2,1-2H3. The number of phenolic OH excluding ortho intramolecular Hbond substituents is 1. The first-order valence-corrected chi connectivity index (χ1v) is 11.0. The van der Waals surface area contributed by atoms with Gasteiger partial charge in [0, 0.05) is 36.4 Å². The molecule has 3 heterocycles. The van der Waals surface area contributed by atoms with Gasteiger partial charge in [-0.2, -0.15) is 4.98 Å². The first kappa shape index (κ1) is 19.8. The minimum absolute atomic E-state index is 0.247. The molecule has 1 saturated heterocycles. The summed E-state index contributed by atoms with van der Waals surface area (Å²) >= 11 is 0. The minimum atomic E-state index is 0.247. The van der Waals surface area contributed by atoms with Crippen LogP contribution in [0, 0.1) is 0 Å². The number of hydrogen-bond acceptors (Lipinski definition) is 6. The molecule has 0 atom stereocenters. The van der Waals surface area contributed by atoms with Crippen molar-refractivity contribution < 1.29 is 9.84 Å². The van der Waals surface area contributed by atoms with Crippen LogP contribution in [-0.2, 0) is 11.2 Å². The van der Waals surface area contributed by atoms with E-state index in [9.17, 15) is 5.11 Å². The maximum atomic E-state index is 10.1. The van der Waals surface area contributed by atoms with E-state index in [-0.39, 0.29) is 5.75 Å². The third-order valence-electron chi connectivity index (χ3n) is 6.10. The van der Waals surface area contributed by atoms with Gasteiger partial charge in [-0.3, -0.25) is 0 Å². The van der Waals surface area contributed by atoms with Crippen molar-refractivity contribution >= 4 is 17.5 Å². The Morgan fingerprint density at radius 3 is 2.45 bits per heavy atom. The van der Waals surface area contributed by atoms with Crippen LogP contribution in [0.15, 0.2) is 48.5 Å². The van der Waals surface area contributed by atoms with Crippen LogP contribution in [0.5, 0.6) is 5.75 Å². The number of nitrogens with zero attached hydrogens (tertiary/aromatic N) is 4. The Balaban J connectivity index is 1.60. The average molecular weight is 417 g/mol. The summed E-state index contributed by atoms with van der Waals surface area (Å²) in [5.74, 6) is 2.45. The van der Waals surface area contributed by atoms with Crippen molar-refractivity contribution in [1.82, 2.24) is 9.97 Å². The van der Waals surface area contributed by atoms with Crippen molar-refractivity contribution in [1.29, 1.82) is 0 Å². The number of benzene rings is 2. The molecule has 6 heteroatoms. The average Bonchev–Trinajstić information content (AvgIpc) is 3.23. The number of hydrogen-bond donors (Lipinski definition) is 1. The molecule has 1 fully saturated rings. The highest BCUT2D eigenvalue weighted by Crippen LogP contribution is 2.40. The number of ether oxygens (including phenoxy) is 1. The van der Waals surface area contributed by atoms with Crippen LogP contribution in [-0.4, -0.2) is 47.9 Å². The Morgan fingerprint density at radius 1 is 0.968 bits per heavy atom. The van der Waals surface area contributed by atoms with Crippen molar-refractivity contribution in [2.45, 2.75) is 26.2 Å². The molecule has 1 N–H and O–H groups in total. The van der Waals surface area contributed by atoms with Crippen molar-refractivity contribution in [2.75, 3.05) is 42.6 Å². The molecule has 0 bridgehead atoms. The number of morpholine rings is 1. The van der Waals surface area contributed by atoms with Gasteiger partial charge in [-0.15, -0.1) is 0 Å². The molecule has 160 valence electrons. The molecule has 0 amide bonds. The molecule has 0 radical (unpaired) electrons. The minimum Gasteiger partial charge on any atom is -0.508 e. The van der Waals surface area contributed by atoms with Gasteiger partial charge in [-0.25, -0.2) is 4.98 Å². The maximum Gasteiger partial charge on any atom is 0.228 e. The van der Waals surface area contributed by atoms with E-state index in [4.69, 9.17) is 14.7 Å². The number of aromatic hydroxyl groups is 1. The van der Waals surface area contributed by atoms with E-state index in [1.54, 1.807) is 12.1 Å². The quantitative estimate of drug-likeness (QED) is 0.676. The lowest BCUT2D eigenvalue weighted by atomic mass is 10.0. The molecule has 2 aromatic carbocycles. The Morgan fingerprint density at radius 2 is 1.74 bits per heavy atom. The van der Waals surface area contributed by atoms with E-state index in [2.05, 4.69) is 47.9 Å². The van der Waals surface area contributed by atoms with Gasteiger partial charge in [0.1, 0.15) is 11.6 Å². The zero-order valence-electron chi connectivity index (χ0n) is 18.1. The fourth-order valence-electron chi connectivity index (χ4n) is 4.33. The van der Waals surface area contributed by atoms with E-state index in [0.717, 1.165) is 60.3 Å². The SMILES string of the molecule is CC(C)c1ccc(N2CCc3c(-c4cccc(O)c4)nc(N4CCOCC4)nc32)cc1. The Bertz CT molecular complexity index is 1080. The third kappa shape index (κ3) is 3.83. The van der Waals surface area contributed by atoms with Gasteiger partial charge in [0.05, 0.1) is 18.9 Å². The molecule has 3 aromatic rings. The van der Waals surface area contributed by atoms with Gasteiger partial charge in [-0.1, -0.05) is 38.1 Å². The van der Waals surface area contributed by atoms with Crippen LogP contribution in [0.1, 0.15) is 30.9 Å². The van der Waals surface area contributed by atoms with Gasteiger partial charge >= 0.3 is 0 Å². The van der Waals surface area contributed by atoms with Crippen LogP contribution in [0.25, 0.3) is 11.3 Å². The van der Waals surface area contributed by atoms with E-state index >= 15 is 0 Å². The summed E-state index contributed by atoms with van der Waals surface area (Å²) in [5.41, 5.74) is 5.45. The monoisotopic (exact) mass is 416 g/mol. The highest BCUT2D eigenvalue weighted by atomic mass is 16.5. The van der Waals surface area contributed by atoms with Crippen molar-refractivity contribution in [3.8, 4) is 17.0 Å². The fourth-order valence-corrected chi connectivity index (χ4v) is 4.33. The number of aromatic nitrogens is 2. The van der Waals surface area contributed by atoms with Gasteiger partial charge in [0.25, 0.3) is 0 Å². The first-order chi connectivity index (χ1) is 15.1. The Kier molecular flexibility index (Phi) is 5.24. The van der Waals surface area contributed by atoms with E-state index in [1.165, 1.54) is 5.56 Å². The zero-order valence-corrected chi connectivity index (χ0v) is 18.1. The number of rotatable bonds is 4. The number of phenols is 1. The van der Waals surface area contributed by atoms with E-state index in [1.807, 2.05) is 12.1 Å². The van der Waals surface area contributed by atoms with Gasteiger partial charge in [0.15, 0.2) is 0 Å². The lowest BCUT2D eigenvalue weighted by molar-refractivity contribution is 0.122. The molecule has 2 aliphatic rings. The van der Waals surface area contributed by atoms with Gasteiger partial charge in [0.2, 0.25) is 5.95 Å². The summed E-state index contributed by atoms with van der Waals surface area (Å²) in [6, 6.07) is 16.1. The van der Waals surface area contributed by atoms with E-state index < -0.39 is 0 Å². The van der Waals surface area contributed by atoms with Crippen LogP contribution < -0.4 is 9.80 Å². The largest absolute Gasteiger partial charge is 0.508 e. The molecule has 1 aromatic heterocycles. The predicted octanol–water partition coefficient (Wildman–Crippen LogP) is 4.50. The molecule has 6 nitrogen and oxygen atoms in total. The molecule has 0 unspecified atom stereocenters. The summed E-state index contributed by atoms with van der Waals surface area (Å²) in [4.78, 5) is 14.5. The molecule has 0 aliphatic carbocycles. The fraction of sp³-hybridized carbons (Fsp3) is 0.360. The number of fused-ring (bicyclic) bond motifs is 1. The van der Waals surface area contributed by atoms with E-state index in [0.29, 0.717) is 19.1 Å². The second-order valence-corrected chi connectivity index (χ2v) is 8.47. The Labute approximate surface area is 183 Å². The second kappa shape index (κ2) is 8.19. The summed E-state index contributed by atoms with van der Waals surface area (Å²) in [6.07, 6.45) is 0.871. The zero-order chi connectivity index (χ0) is 21.4. The summed E-state index contributed by atoms with van der Waals surface area (Å²) in [5, 5.41) is 10.1. The summed E-state index contributed by atoms with van der Waals surface area (Å²) < 4.78 is 5.52. The van der Waals surface area contributed by atoms with Gasteiger partial charge < -0.3 is 19.6 Å². The molecule has 0 saturated carbocycles. The lowest BCUT2D eigenvalue weighted by Crippen LogP contribution is -2.37. The first-order valence-electron chi connectivity index (χ1n) is 11.0. The third-order valence-corrected chi connectivity index (χ3v) is 6.10. The molecule has 31 heavy (non-hydrogen) atoms. The second-order valence-electron chi connectivity index (χ2n) is 8.47. The van der Waals surface area contributed by atoms with Crippen LogP contribution in [0.3, 0.4) is 0 Å². The molecular formula is C25H28N4O2. The topological polar surface area (TPSA) is 61.7 Å². The van der Waals surface area contributed by atoms with Crippen molar-refractivity contribution in [3.05, 3.63) is 59.7 Å². The van der Waals surface area contributed by atoms with Crippen LogP contribution in [0.2, 0.25) is 0 Å². The summed E-state index contributed by atoms with van der Waals surface area (Å²) in [6.45, 7) is 8.21. The number of anilines is 3. The maximum absolute atomic E-state index is 10.1. The lowest BCUT2D eigenvalue weighted by Gasteiger charge is -2.28. The van der Waals surface area contributed by atoms with Gasteiger partial charge in [-0.05, 0) is 42.2 Å². The van der Waals surface area contributed by atoms with Crippen LogP contribution in [0.4, 0.5) is 17.5 Å². The van der Waals surface area contributed by atoms with Crippen molar-refractivity contribution in [2.24, 2.45) is 0 Å². The molecular weight excluding hydrogens is 388 g/mol. The molecule has 2 aliphatic heterocycles. The van der Waals surface area contributed by atoms with Crippen LogP contribution >= 0.6 is 0 Å². The Hall–Kier alpha value is -3.12. The summed E-state index contributed by atoms with van der Waals surface area (Å²) in [7, 11) is 0. The predicted molar refractivity (Wildman–Crippen MR) is 123 cm³/mol. The molecule has 5 rings (SSSR count). The highest BCUT2D eigenvalue weighted by Gasteiger charge is 2.29.